The molecule has 2 heterocycles. The molecule has 0 amide bonds. The number of benzene rings is 1. The second-order valence-corrected chi connectivity index (χ2v) is 6.60. The van der Waals surface area contributed by atoms with Crippen molar-refractivity contribution in [1.82, 2.24) is 35.2 Å². The van der Waals surface area contributed by atoms with Gasteiger partial charge in [-0.2, -0.15) is 15.0 Å². The second kappa shape index (κ2) is 7.43. The van der Waals surface area contributed by atoms with Crippen LogP contribution in [0.25, 0.3) is 0 Å². The number of nitrogens with one attached hydrogen (secondary N) is 1. The van der Waals surface area contributed by atoms with E-state index in [2.05, 4.69) is 35.8 Å². The van der Waals surface area contributed by atoms with E-state index in [-0.39, 0.29) is 12.0 Å². The number of nitrogens with zero attached hydrogens (tertiary/aromatic N) is 7. The van der Waals surface area contributed by atoms with Crippen LogP contribution in [0.4, 0.5) is 17.6 Å². The number of rotatable bonds is 6. The zero-order valence-electron chi connectivity index (χ0n) is 14.2. The highest BCUT2D eigenvalue weighted by Crippen LogP contribution is 2.22. The van der Waals surface area contributed by atoms with Gasteiger partial charge in [0.25, 0.3) is 0 Å². The number of aryl methyl sites for hydroxylation is 1. The first-order valence-corrected chi connectivity index (χ1v) is 8.75. The fourth-order valence-corrected chi connectivity index (χ4v) is 2.99. The second-order valence-electron chi connectivity index (χ2n) is 5.66. The molecule has 0 aliphatic carbocycles. The van der Waals surface area contributed by atoms with Crippen LogP contribution in [0.3, 0.4) is 0 Å². The summed E-state index contributed by atoms with van der Waals surface area (Å²) in [6.45, 7) is 6.05. The van der Waals surface area contributed by atoms with Crippen molar-refractivity contribution in [1.29, 1.82) is 0 Å². The zero-order valence-corrected chi connectivity index (χ0v) is 15.0. The Morgan fingerprint density at radius 1 is 1.20 bits per heavy atom. The van der Waals surface area contributed by atoms with E-state index in [0.29, 0.717) is 22.7 Å². The van der Waals surface area contributed by atoms with Crippen LogP contribution in [0.2, 0.25) is 0 Å². The van der Waals surface area contributed by atoms with Crippen molar-refractivity contribution in [2.24, 2.45) is 0 Å². The molecule has 0 unspecified atom stereocenters. The summed E-state index contributed by atoms with van der Waals surface area (Å²) in [7, 11) is 0. The number of para-hydroxylation sites is 1. The van der Waals surface area contributed by atoms with Gasteiger partial charge in [-0.3, -0.25) is 0 Å². The van der Waals surface area contributed by atoms with Crippen LogP contribution in [-0.4, -0.2) is 35.2 Å². The van der Waals surface area contributed by atoms with Gasteiger partial charge in [0.2, 0.25) is 17.1 Å². The lowest BCUT2D eigenvalue weighted by atomic mass is 10.2. The van der Waals surface area contributed by atoms with Crippen molar-refractivity contribution in [2.75, 3.05) is 11.1 Å². The van der Waals surface area contributed by atoms with Gasteiger partial charge in [0.05, 0.1) is 11.8 Å². The van der Waals surface area contributed by atoms with E-state index in [1.165, 1.54) is 11.8 Å². The molecule has 0 aliphatic rings. The van der Waals surface area contributed by atoms with Crippen LogP contribution in [-0.2, 0) is 5.75 Å². The third-order valence-corrected chi connectivity index (χ3v) is 4.30. The first-order chi connectivity index (χ1) is 12.0. The number of anilines is 3. The molecular weight excluding hydrogens is 338 g/mol. The van der Waals surface area contributed by atoms with E-state index in [9.17, 15) is 0 Å². The lowest BCUT2D eigenvalue weighted by Gasteiger charge is -2.10. The number of thioether (sulfide) groups is 1. The quantitative estimate of drug-likeness (QED) is 0.640. The average molecular weight is 357 g/mol. The number of nitrogen functional groups attached to an aromatic ring is 1. The maximum Gasteiger partial charge on any atom is 0.232 e. The van der Waals surface area contributed by atoms with E-state index in [0.717, 1.165) is 11.3 Å². The Morgan fingerprint density at radius 2 is 2.00 bits per heavy atom. The number of hydrogen-bond acceptors (Lipinski definition) is 9. The third kappa shape index (κ3) is 4.21. The van der Waals surface area contributed by atoms with E-state index >= 15 is 0 Å². The Bertz CT molecular complexity index is 862. The molecule has 0 saturated heterocycles. The summed E-state index contributed by atoms with van der Waals surface area (Å²) in [6.07, 6.45) is 0. The van der Waals surface area contributed by atoms with Gasteiger partial charge in [0.1, 0.15) is 5.82 Å². The first kappa shape index (κ1) is 17.1. The van der Waals surface area contributed by atoms with Crippen molar-refractivity contribution in [3.8, 4) is 0 Å². The van der Waals surface area contributed by atoms with Crippen molar-refractivity contribution >= 4 is 29.3 Å². The van der Waals surface area contributed by atoms with Gasteiger partial charge in [-0.25, -0.2) is 4.68 Å². The molecule has 0 aliphatic heterocycles. The molecular formula is C15H19N9S. The molecule has 0 bridgehead atoms. The number of aromatic nitrogens is 7. The summed E-state index contributed by atoms with van der Waals surface area (Å²) in [5.41, 5.74) is 7.84. The number of hydrogen-bond donors (Lipinski definition) is 2. The van der Waals surface area contributed by atoms with Crippen LogP contribution >= 0.6 is 11.8 Å². The molecule has 9 nitrogen and oxygen atoms in total. The van der Waals surface area contributed by atoms with Gasteiger partial charge in [-0.15, -0.1) is 5.10 Å². The molecule has 0 spiro atoms. The van der Waals surface area contributed by atoms with E-state index in [1.54, 1.807) is 4.68 Å². The fraction of sp³-hybridized carbons (Fsp3) is 0.333. The normalized spacial score (nSPS) is 11.0. The van der Waals surface area contributed by atoms with Crippen LogP contribution in [0.1, 0.15) is 31.3 Å². The predicted molar refractivity (Wildman–Crippen MR) is 96.5 cm³/mol. The average Bonchev–Trinajstić information content (AvgIpc) is 3.03. The SMILES string of the molecule is Cc1ccccc1Nc1nc(N)nc(CSc2nnnn2C(C)C)n1. The van der Waals surface area contributed by atoms with Gasteiger partial charge >= 0.3 is 0 Å². The van der Waals surface area contributed by atoms with Crippen molar-refractivity contribution < 1.29 is 0 Å². The zero-order chi connectivity index (χ0) is 17.8. The van der Waals surface area contributed by atoms with Gasteiger partial charge in [-0.1, -0.05) is 30.0 Å². The standard InChI is InChI=1S/C15H19N9S/c1-9(2)24-15(21-22-23-24)25-8-12-18-13(16)20-14(19-12)17-11-7-5-4-6-10(11)3/h4-7,9H,8H2,1-3H3,(H3,16,17,18,19,20). The molecule has 0 atom stereocenters. The Kier molecular flexibility index (Phi) is 5.08. The molecule has 25 heavy (non-hydrogen) atoms. The molecule has 0 fully saturated rings. The minimum absolute atomic E-state index is 0.171. The van der Waals surface area contributed by atoms with Crippen molar-refractivity contribution in [3.63, 3.8) is 0 Å². The summed E-state index contributed by atoms with van der Waals surface area (Å²) in [5.74, 6) is 1.64. The molecule has 1 aromatic carbocycles. The Hall–Kier alpha value is -2.75. The van der Waals surface area contributed by atoms with Crippen LogP contribution in [0, 0.1) is 6.92 Å². The lowest BCUT2D eigenvalue weighted by molar-refractivity contribution is 0.477. The Labute approximate surface area is 149 Å². The third-order valence-electron chi connectivity index (χ3n) is 3.37. The van der Waals surface area contributed by atoms with Gasteiger partial charge in [0.15, 0.2) is 0 Å². The molecule has 3 aromatic rings. The maximum absolute atomic E-state index is 5.82. The van der Waals surface area contributed by atoms with Crippen LogP contribution in [0.15, 0.2) is 29.4 Å². The van der Waals surface area contributed by atoms with Gasteiger partial charge in [-0.05, 0) is 42.8 Å². The molecule has 2 aromatic heterocycles. The van der Waals surface area contributed by atoms with E-state index in [4.69, 9.17) is 5.73 Å². The summed E-state index contributed by atoms with van der Waals surface area (Å²) < 4.78 is 1.75. The predicted octanol–water partition coefficient (Wildman–Crippen LogP) is 2.37. The molecule has 10 heteroatoms. The Balaban J connectivity index is 1.75. The van der Waals surface area contributed by atoms with Gasteiger partial charge < -0.3 is 11.1 Å². The number of tetrazole rings is 1. The summed E-state index contributed by atoms with van der Waals surface area (Å²) >= 11 is 1.45. The van der Waals surface area contributed by atoms with E-state index < -0.39 is 0 Å². The van der Waals surface area contributed by atoms with Crippen molar-refractivity contribution in [3.05, 3.63) is 35.7 Å². The minimum atomic E-state index is 0.171. The smallest absolute Gasteiger partial charge is 0.232 e. The van der Waals surface area contributed by atoms with Crippen LogP contribution < -0.4 is 11.1 Å². The molecule has 3 rings (SSSR count). The largest absolute Gasteiger partial charge is 0.368 e. The topological polar surface area (TPSA) is 120 Å². The lowest BCUT2D eigenvalue weighted by Crippen LogP contribution is -2.08. The van der Waals surface area contributed by atoms with Crippen LogP contribution in [0.5, 0.6) is 0 Å². The summed E-state index contributed by atoms with van der Waals surface area (Å²) in [6, 6.07) is 8.07. The maximum atomic E-state index is 5.82. The molecule has 0 radical (unpaired) electrons. The van der Waals surface area contributed by atoms with Crippen molar-refractivity contribution in [2.45, 2.75) is 37.7 Å². The van der Waals surface area contributed by atoms with E-state index in [1.807, 2.05) is 45.0 Å². The highest BCUT2D eigenvalue weighted by Gasteiger charge is 2.12. The first-order valence-electron chi connectivity index (χ1n) is 7.76. The molecule has 3 N–H and O–H groups in total. The number of nitrogens with two attached hydrogens (primary N) is 1. The summed E-state index contributed by atoms with van der Waals surface area (Å²) in [4.78, 5) is 12.8. The Morgan fingerprint density at radius 3 is 2.76 bits per heavy atom. The molecule has 0 saturated carbocycles. The van der Waals surface area contributed by atoms with Gasteiger partial charge in [0, 0.05) is 5.69 Å². The highest BCUT2D eigenvalue weighted by molar-refractivity contribution is 7.98. The molecule has 130 valence electrons. The summed E-state index contributed by atoms with van der Waals surface area (Å²) in [5, 5.41) is 15.6. The monoisotopic (exact) mass is 357 g/mol. The highest BCUT2D eigenvalue weighted by atomic mass is 32.2. The minimum Gasteiger partial charge on any atom is -0.368 e. The fourth-order valence-electron chi connectivity index (χ4n) is 2.13.